The van der Waals surface area contributed by atoms with E-state index in [2.05, 4.69) is 5.92 Å². The summed E-state index contributed by atoms with van der Waals surface area (Å²) >= 11 is 11.8. The molecule has 0 radical (unpaired) electrons. The Morgan fingerprint density at radius 2 is 2.14 bits per heavy atom. The van der Waals surface area contributed by atoms with E-state index < -0.39 is 0 Å². The predicted molar refractivity (Wildman–Crippen MR) is 61.6 cm³/mol. The molecule has 1 nitrogen and oxygen atoms in total. The molecule has 0 atom stereocenters. The number of benzene rings is 1. The maximum Gasteiger partial charge on any atom is 0.0599 e. The molecular weight excluding hydrogens is 217 g/mol. The van der Waals surface area contributed by atoms with Crippen LogP contribution in [-0.2, 0) is 6.54 Å². The molecule has 0 saturated heterocycles. The molecule has 0 aliphatic carbocycles. The third kappa shape index (κ3) is 3.23. The highest BCUT2D eigenvalue weighted by Crippen LogP contribution is 2.21. The summed E-state index contributed by atoms with van der Waals surface area (Å²) in [5.74, 6) is 2.58. The molecule has 74 valence electrons. The summed E-state index contributed by atoms with van der Waals surface area (Å²) in [6, 6.07) is 5.48. The van der Waals surface area contributed by atoms with Gasteiger partial charge in [0.15, 0.2) is 0 Å². The standard InChI is InChI=1S/C11H11Cl2N/c1-3-6-14(2)8-9-4-5-10(12)7-11(9)13/h1,4-5,7H,6,8H2,2H3. The van der Waals surface area contributed by atoms with Crippen molar-refractivity contribution in [1.82, 2.24) is 4.90 Å². The third-order valence-electron chi connectivity index (χ3n) is 1.82. The Kier molecular flexibility index (Phi) is 4.28. The molecule has 0 saturated carbocycles. The van der Waals surface area contributed by atoms with Gasteiger partial charge in [-0.15, -0.1) is 6.42 Å². The van der Waals surface area contributed by atoms with E-state index in [4.69, 9.17) is 29.6 Å². The van der Waals surface area contributed by atoms with E-state index >= 15 is 0 Å². The number of nitrogens with zero attached hydrogens (tertiary/aromatic N) is 1. The Balaban J connectivity index is 2.73. The summed E-state index contributed by atoms with van der Waals surface area (Å²) in [6.07, 6.45) is 5.20. The summed E-state index contributed by atoms with van der Waals surface area (Å²) in [6.45, 7) is 1.35. The van der Waals surface area contributed by atoms with Crippen molar-refractivity contribution >= 4 is 23.2 Å². The van der Waals surface area contributed by atoms with Gasteiger partial charge in [0, 0.05) is 16.6 Å². The molecule has 1 aromatic rings. The van der Waals surface area contributed by atoms with Gasteiger partial charge in [0.05, 0.1) is 6.54 Å². The molecule has 0 N–H and O–H groups in total. The number of hydrogen-bond donors (Lipinski definition) is 0. The average Bonchev–Trinajstić information content (AvgIpc) is 2.10. The fourth-order valence-corrected chi connectivity index (χ4v) is 1.62. The summed E-state index contributed by atoms with van der Waals surface area (Å²) in [7, 11) is 1.95. The van der Waals surface area contributed by atoms with Crippen LogP contribution in [0.2, 0.25) is 10.0 Å². The van der Waals surface area contributed by atoms with Gasteiger partial charge in [0.2, 0.25) is 0 Å². The van der Waals surface area contributed by atoms with Crippen LogP contribution in [0.1, 0.15) is 5.56 Å². The van der Waals surface area contributed by atoms with Crippen molar-refractivity contribution < 1.29 is 0 Å². The number of hydrogen-bond acceptors (Lipinski definition) is 1. The normalized spacial score (nSPS) is 10.2. The van der Waals surface area contributed by atoms with Crippen LogP contribution in [0.4, 0.5) is 0 Å². The SMILES string of the molecule is C#CCN(C)Cc1ccc(Cl)cc1Cl. The molecule has 0 heterocycles. The van der Waals surface area contributed by atoms with E-state index in [0.717, 1.165) is 12.1 Å². The van der Waals surface area contributed by atoms with Gasteiger partial charge in [0.25, 0.3) is 0 Å². The molecule has 0 unspecified atom stereocenters. The van der Waals surface area contributed by atoms with E-state index in [1.54, 1.807) is 6.07 Å². The largest absolute Gasteiger partial charge is 0.291 e. The maximum atomic E-state index is 6.01. The molecular formula is C11H11Cl2N. The van der Waals surface area contributed by atoms with E-state index in [1.807, 2.05) is 24.1 Å². The van der Waals surface area contributed by atoms with Gasteiger partial charge < -0.3 is 0 Å². The monoisotopic (exact) mass is 227 g/mol. The first-order valence-electron chi connectivity index (χ1n) is 4.19. The lowest BCUT2D eigenvalue weighted by Crippen LogP contribution is -2.17. The van der Waals surface area contributed by atoms with Gasteiger partial charge in [-0.05, 0) is 24.7 Å². The van der Waals surface area contributed by atoms with Crippen molar-refractivity contribution in [3.63, 3.8) is 0 Å². The Bertz CT molecular complexity index is 355. The van der Waals surface area contributed by atoms with Gasteiger partial charge >= 0.3 is 0 Å². The second kappa shape index (κ2) is 5.26. The first-order valence-corrected chi connectivity index (χ1v) is 4.95. The molecule has 1 rings (SSSR count). The van der Waals surface area contributed by atoms with Crippen molar-refractivity contribution in [1.29, 1.82) is 0 Å². The van der Waals surface area contributed by atoms with E-state index in [-0.39, 0.29) is 0 Å². The van der Waals surface area contributed by atoms with Crippen molar-refractivity contribution in [2.75, 3.05) is 13.6 Å². The predicted octanol–water partition coefficient (Wildman–Crippen LogP) is 3.06. The fraction of sp³-hybridized carbons (Fsp3) is 0.273. The summed E-state index contributed by atoms with van der Waals surface area (Å²) < 4.78 is 0. The van der Waals surface area contributed by atoms with Crippen LogP contribution >= 0.6 is 23.2 Å². The molecule has 0 fully saturated rings. The molecule has 0 bridgehead atoms. The van der Waals surface area contributed by atoms with Crippen LogP contribution < -0.4 is 0 Å². The molecule has 1 aromatic carbocycles. The quantitative estimate of drug-likeness (QED) is 0.718. The first kappa shape index (κ1) is 11.4. The fourth-order valence-electron chi connectivity index (χ4n) is 1.15. The van der Waals surface area contributed by atoms with E-state index in [1.165, 1.54) is 0 Å². The van der Waals surface area contributed by atoms with Crippen LogP contribution in [0, 0.1) is 12.3 Å². The molecule has 0 aromatic heterocycles. The van der Waals surface area contributed by atoms with Crippen molar-refractivity contribution in [3.05, 3.63) is 33.8 Å². The summed E-state index contributed by atoms with van der Waals surface area (Å²) in [5.41, 5.74) is 1.04. The van der Waals surface area contributed by atoms with E-state index in [0.29, 0.717) is 16.6 Å². The summed E-state index contributed by atoms with van der Waals surface area (Å²) in [4.78, 5) is 2.01. The Hall–Kier alpha value is -0.680. The highest BCUT2D eigenvalue weighted by molar-refractivity contribution is 6.35. The topological polar surface area (TPSA) is 3.24 Å². The lowest BCUT2D eigenvalue weighted by Gasteiger charge is -2.14. The number of halogens is 2. The molecule has 3 heteroatoms. The number of terminal acetylenes is 1. The molecule has 14 heavy (non-hydrogen) atoms. The highest BCUT2D eigenvalue weighted by atomic mass is 35.5. The van der Waals surface area contributed by atoms with Gasteiger partial charge in [-0.1, -0.05) is 35.2 Å². The van der Waals surface area contributed by atoms with Crippen molar-refractivity contribution in [2.45, 2.75) is 6.54 Å². The van der Waals surface area contributed by atoms with Crippen LogP contribution in [0.25, 0.3) is 0 Å². The highest BCUT2D eigenvalue weighted by Gasteiger charge is 2.03. The summed E-state index contributed by atoms with van der Waals surface area (Å²) in [5, 5.41) is 1.33. The average molecular weight is 228 g/mol. The Morgan fingerprint density at radius 3 is 2.71 bits per heavy atom. The van der Waals surface area contributed by atoms with Crippen molar-refractivity contribution in [2.24, 2.45) is 0 Å². The lowest BCUT2D eigenvalue weighted by atomic mass is 10.2. The second-order valence-corrected chi connectivity index (χ2v) is 3.96. The van der Waals surface area contributed by atoms with Gasteiger partial charge in [0.1, 0.15) is 0 Å². The third-order valence-corrected chi connectivity index (χ3v) is 2.40. The second-order valence-electron chi connectivity index (χ2n) is 3.11. The zero-order valence-electron chi connectivity index (χ0n) is 7.93. The maximum absolute atomic E-state index is 6.01. The smallest absolute Gasteiger partial charge is 0.0599 e. The van der Waals surface area contributed by atoms with Crippen LogP contribution in [0.15, 0.2) is 18.2 Å². The minimum Gasteiger partial charge on any atom is -0.291 e. The minimum atomic E-state index is 0.610. The van der Waals surface area contributed by atoms with Gasteiger partial charge in [-0.25, -0.2) is 0 Å². The van der Waals surface area contributed by atoms with Gasteiger partial charge in [-0.3, -0.25) is 4.90 Å². The van der Waals surface area contributed by atoms with Crippen LogP contribution in [0.5, 0.6) is 0 Å². The molecule has 0 amide bonds. The molecule has 0 aliphatic heterocycles. The molecule has 0 spiro atoms. The zero-order valence-corrected chi connectivity index (χ0v) is 9.44. The zero-order chi connectivity index (χ0) is 10.6. The first-order chi connectivity index (χ1) is 6.63. The lowest BCUT2D eigenvalue weighted by molar-refractivity contribution is 0.369. The van der Waals surface area contributed by atoms with Crippen LogP contribution in [0.3, 0.4) is 0 Å². The van der Waals surface area contributed by atoms with Crippen molar-refractivity contribution in [3.8, 4) is 12.3 Å². The van der Waals surface area contributed by atoms with E-state index in [9.17, 15) is 0 Å². The Labute approximate surface area is 94.6 Å². The number of rotatable bonds is 3. The Morgan fingerprint density at radius 1 is 1.43 bits per heavy atom. The molecule has 0 aliphatic rings. The minimum absolute atomic E-state index is 0.610. The van der Waals surface area contributed by atoms with Crippen LogP contribution in [-0.4, -0.2) is 18.5 Å². The van der Waals surface area contributed by atoms with Gasteiger partial charge in [-0.2, -0.15) is 0 Å².